The first kappa shape index (κ1) is 10.9. The van der Waals surface area contributed by atoms with Crippen molar-refractivity contribution in [1.82, 2.24) is 0 Å². The molecule has 3 nitrogen and oxygen atoms in total. The normalized spacial score (nSPS) is 22.9. The highest BCUT2D eigenvalue weighted by Crippen LogP contribution is 2.23. The molecule has 1 rings (SSSR count). The summed E-state index contributed by atoms with van der Waals surface area (Å²) in [5, 5.41) is 0. The zero-order valence-electron chi connectivity index (χ0n) is 7.70. The van der Waals surface area contributed by atoms with Gasteiger partial charge in [0.05, 0.1) is 6.10 Å². The SMILES string of the molecule is CC(F)S(=O)(=O)OC1CCCCC1. The van der Waals surface area contributed by atoms with Gasteiger partial charge in [0.15, 0.2) is 0 Å². The van der Waals surface area contributed by atoms with E-state index in [-0.39, 0.29) is 6.10 Å². The fourth-order valence-corrected chi connectivity index (χ4v) is 2.15. The van der Waals surface area contributed by atoms with Gasteiger partial charge in [0, 0.05) is 0 Å². The molecule has 0 N–H and O–H groups in total. The Morgan fingerprint density at radius 3 is 2.31 bits per heavy atom. The van der Waals surface area contributed by atoms with E-state index < -0.39 is 15.6 Å². The molecule has 0 spiro atoms. The number of halogens is 1. The minimum atomic E-state index is -3.96. The summed E-state index contributed by atoms with van der Waals surface area (Å²) in [5.74, 6) is 0. The van der Waals surface area contributed by atoms with Crippen LogP contribution in [0, 0.1) is 0 Å². The molecule has 0 bridgehead atoms. The highest BCUT2D eigenvalue weighted by Gasteiger charge is 2.26. The van der Waals surface area contributed by atoms with Crippen molar-refractivity contribution in [2.45, 2.75) is 50.6 Å². The van der Waals surface area contributed by atoms with Gasteiger partial charge in [-0.05, 0) is 19.8 Å². The summed E-state index contributed by atoms with van der Waals surface area (Å²) >= 11 is 0. The van der Waals surface area contributed by atoms with Crippen LogP contribution in [0.15, 0.2) is 0 Å². The van der Waals surface area contributed by atoms with Gasteiger partial charge in [0.1, 0.15) is 0 Å². The first-order valence-corrected chi connectivity index (χ1v) is 6.05. The van der Waals surface area contributed by atoms with Crippen LogP contribution in [0.5, 0.6) is 0 Å². The molecule has 13 heavy (non-hydrogen) atoms. The van der Waals surface area contributed by atoms with Crippen LogP contribution in [0.3, 0.4) is 0 Å². The Bertz CT molecular complexity index is 242. The van der Waals surface area contributed by atoms with E-state index in [1.54, 1.807) is 0 Å². The maximum Gasteiger partial charge on any atom is 0.299 e. The van der Waals surface area contributed by atoms with E-state index in [0.29, 0.717) is 0 Å². The van der Waals surface area contributed by atoms with E-state index in [1.165, 1.54) is 0 Å². The van der Waals surface area contributed by atoms with Gasteiger partial charge in [-0.1, -0.05) is 19.3 Å². The van der Waals surface area contributed by atoms with Crippen LogP contribution in [0.25, 0.3) is 0 Å². The summed E-state index contributed by atoms with van der Waals surface area (Å²) in [7, 11) is -3.96. The molecule has 0 aromatic heterocycles. The van der Waals surface area contributed by atoms with Crippen molar-refractivity contribution in [3.63, 3.8) is 0 Å². The predicted octanol–water partition coefficient (Wildman–Crippen LogP) is 1.98. The van der Waals surface area contributed by atoms with Gasteiger partial charge < -0.3 is 0 Å². The van der Waals surface area contributed by atoms with Crippen LogP contribution in [-0.2, 0) is 14.3 Å². The molecule has 0 aromatic carbocycles. The maximum absolute atomic E-state index is 12.5. The summed E-state index contributed by atoms with van der Waals surface area (Å²) in [4.78, 5) is 0. The molecule has 0 heterocycles. The third-order valence-electron chi connectivity index (χ3n) is 2.22. The second kappa shape index (κ2) is 4.37. The number of hydrogen-bond donors (Lipinski definition) is 0. The molecule has 1 saturated carbocycles. The van der Waals surface area contributed by atoms with Crippen molar-refractivity contribution in [1.29, 1.82) is 0 Å². The topological polar surface area (TPSA) is 43.4 Å². The first-order valence-electron chi connectivity index (χ1n) is 4.58. The van der Waals surface area contributed by atoms with Crippen molar-refractivity contribution in [3.05, 3.63) is 0 Å². The van der Waals surface area contributed by atoms with E-state index in [1.807, 2.05) is 0 Å². The van der Waals surface area contributed by atoms with E-state index in [9.17, 15) is 12.8 Å². The van der Waals surface area contributed by atoms with Crippen molar-refractivity contribution in [3.8, 4) is 0 Å². The monoisotopic (exact) mass is 210 g/mol. The summed E-state index contributed by atoms with van der Waals surface area (Å²) < 4.78 is 39.3. The van der Waals surface area contributed by atoms with Crippen LogP contribution in [0.1, 0.15) is 39.0 Å². The molecule has 0 amide bonds. The molecule has 0 radical (unpaired) electrons. The second-order valence-corrected chi connectivity index (χ2v) is 5.22. The summed E-state index contributed by atoms with van der Waals surface area (Å²) in [6.07, 6.45) is 4.22. The Morgan fingerprint density at radius 2 is 1.85 bits per heavy atom. The predicted molar refractivity (Wildman–Crippen MR) is 47.4 cm³/mol. The Hall–Kier alpha value is -0.160. The molecule has 5 heteroatoms. The lowest BCUT2D eigenvalue weighted by molar-refractivity contribution is 0.154. The highest BCUT2D eigenvalue weighted by atomic mass is 32.2. The Morgan fingerprint density at radius 1 is 1.31 bits per heavy atom. The van der Waals surface area contributed by atoms with Crippen LogP contribution >= 0.6 is 0 Å². The van der Waals surface area contributed by atoms with Gasteiger partial charge in [-0.2, -0.15) is 8.42 Å². The Balaban J connectivity index is 2.47. The van der Waals surface area contributed by atoms with Crippen LogP contribution in [0.2, 0.25) is 0 Å². The fourth-order valence-electron chi connectivity index (χ4n) is 1.43. The molecule has 1 aliphatic rings. The van der Waals surface area contributed by atoms with E-state index >= 15 is 0 Å². The van der Waals surface area contributed by atoms with Gasteiger partial charge >= 0.3 is 0 Å². The van der Waals surface area contributed by atoms with Gasteiger partial charge in [0.2, 0.25) is 5.50 Å². The first-order chi connectivity index (χ1) is 6.02. The molecule has 1 aliphatic carbocycles. The second-order valence-electron chi connectivity index (χ2n) is 3.39. The average Bonchev–Trinajstić information content (AvgIpc) is 2.05. The molecule has 0 aromatic rings. The number of hydrogen-bond acceptors (Lipinski definition) is 3. The minimum Gasteiger partial charge on any atom is -0.265 e. The lowest BCUT2D eigenvalue weighted by Gasteiger charge is -2.21. The van der Waals surface area contributed by atoms with Crippen molar-refractivity contribution < 1.29 is 17.0 Å². The Kier molecular flexibility index (Phi) is 3.67. The van der Waals surface area contributed by atoms with Crippen LogP contribution in [-0.4, -0.2) is 20.0 Å². The quantitative estimate of drug-likeness (QED) is 0.669. The van der Waals surface area contributed by atoms with Gasteiger partial charge in [-0.25, -0.2) is 4.39 Å². The zero-order chi connectivity index (χ0) is 9.90. The molecule has 1 unspecified atom stereocenters. The van der Waals surface area contributed by atoms with Gasteiger partial charge in [0.25, 0.3) is 10.1 Å². The van der Waals surface area contributed by atoms with Gasteiger partial charge in [-0.3, -0.25) is 4.18 Å². The molecule has 1 fully saturated rings. The van der Waals surface area contributed by atoms with Crippen molar-refractivity contribution >= 4 is 10.1 Å². The Labute approximate surface area is 78.4 Å². The number of alkyl halides is 1. The smallest absolute Gasteiger partial charge is 0.265 e. The third kappa shape index (κ3) is 3.23. The minimum absolute atomic E-state index is 0.294. The van der Waals surface area contributed by atoms with Crippen molar-refractivity contribution in [2.75, 3.05) is 0 Å². The molecule has 1 atom stereocenters. The standard InChI is InChI=1S/C8H15FO3S/c1-7(9)13(10,11)12-8-5-3-2-4-6-8/h7-8H,2-6H2,1H3. The lowest BCUT2D eigenvalue weighted by Crippen LogP contribution is -2.25. The summed E-state index contributed by atoms with van der Waals surface area (Å²) in [5.41, 5.74) is -1.92. The van der Waals surface area contributed by atoms with E-state index in [4.69, 9.17) is 4.18 Å². The lowest BCUT2D eigenvalue weighted by atomic mass is 9.98. The summed E-state index contributed by atoms with van der Waals surface area (Å²) in [6, 6.07) is 0. The molecular formula is C8H15FO3S. The van der Waals surface area contributed by atoms with E-state index in [2.05, 4.69) is 0 Å². The molecule has 78 valence electrons. The highest BCUT2D eigenvalue weighted by molar-refractivity contribution is 7.87. The van der Waals surface area contributed by atoms with E-state index in [0.717, 1.165) is 39.0 Å². The van der Waals surface area contributed by atoms with Crippen LogP contribution in [0.4, 0.5) is 4.39 Å². The fraction of sp³-hybridized carbons (Fsp3) is 1.00. The van der Waals surface area contributed by atoms with Crippen LogP contribution < -0.4 is 0 Å². The van der Waals surface area contributed by atoms with Gasteiger partial charge in [-0.15, -0.1) is 0 Å². The molecule has 0 saturated heterocycles. The largest absolute Gasteiger partial charge is 0.299 e. The third-order valence-corrected chi connectivity index (χ3v) is 3.56. The van der Waals surface area contributed by atoms with Crippen molar-refractivity contribution in [2.24, 2.45) is 0 Å². The number of rotatable bonds is 3. The molecular weight excluding hydrogens is 195 g/mol. The summed E-state index contributed by atoms with van der Waals surface area (Å²) in [6.45, 7) is 0.984. The average molecular weight is 210 g/mol. The maximum atomic E-state index is 12.5. The molecule has 0 aliphatic heterocycles. The zero-order valence-corrected chi connectivity index (χ0v) is 8.52.